The van der Waals surface area contributed by atoms with Crippen LogP contribution in [0.5, 0.6) is 11.5 Å². The molecule has 0 saturated heterocycles. The predicted molar refractivity (Wildman–Crippen MR) is 113 cm³/mol. The molecule has 3 rings (SSSR count). The first-order chi connectivity index (χ1) is 13.6. The number of amides is 1. The standard InChI is InChI=1S/C23H22ClNO3/c1-3-21(23(26)25-18-11-14-22(27-2)20(24)15-18)28-19-12-9-17(10-13-19)16-7-5-4-6-8-16/h4-15,21H,3H2,1-2H3,(H,25,26). The van der Waals surface area contributed by atoms with Crippen LogP contribution in [0.15, 0.2) is 72.8 Å². The van der Waals surface area contributed by atoms with Crippen LogP contribution in [0.25, 0.3) is 11.1 Å². The predicted octanol–water partition coefficient (Wildman–Crippen LogP) is 5.81. The lowest BCUT2D eigenvalue weighted by molar-refractivity contribution is -0.122. The summed E-state index contributed by atoms with van der Waals surface area (Å²) in [6, 6.07) is 22.9. The van der Waals surface area contributed by atoms with E-state index < -0.39 is 6.10 Å². The molecule has 28 heavy (non-hydrogen) atoms. The number of halogens is 1. The topological polar surface area (TPSA) is 47.6 Å². The number of hydrogen-bond acceptors (Lipinski definition) is 3. The van der Waals surface area contributed by atoms with Gasteiger partial charge >= 0.3 is 0 Å². The van der Waals surface area contributed by atoms with Crippen molar-refractivity contribution in [1.29, 1.82) is 0 Å². The highest BCUT2D eigenvalue weighted by atomic mass is 35.5. The minimum Gasteiger partial charge on any atom is -0.495 e. The zero-order valence-corrected chi connectivity index (χ0v) is 16.6. The highest BCUT2D eigenvalue weighted by Gasteiger charge is 2.19. The minimum atomic E-state index is -0.608. The Morgan fingerprint density at radius 3 is 2.29 bits per heavy atom. The van der Waals surface area contributed by atoms with E-state index in [1.807, 2.05) is 49.4 Å². The Morgan fingerprint density at radius 2 is 1.68 bits per heavy atom. The van der Waals surface area contributed by atoms with E-state index >= 15 is 0 Å². The maximum atomic E-state index is 12.6. The van der Waals surface area contributed by atoms with Gasteiger partial charge in [0.15, 0.2) is 6.10 Å². The Morgan fingerprint density at radius 1 is 1.00 bits per heavy atom. The van der Waals surface area contributed by atoms with E-state index in [1.54, 1.807) is 25.3 Å². The van der Waals surface area contributed by atoms with Gasteiger partial charge < -0.3 is 14.8 Å². The number of hydrogen-bond donors (Lipinski definition) is 1. The Balaban J connectivity index is 1.66. The molecule has 1 unspecified atom stereocenters. The SMILES string of the molecule is CCC(Oc1ccc(-c2ccccc2)cc1)C(=O)Nc1ccc(OC)c(Cl)c1. The molecule has 0 aromatic heterocycles. The highest BCUT2D eigenvalue weighted by Crippen LogP contribution is 2.28. The second-order valence-corrected chi connectivity index (χ2v) is 6.65. The van der Waals surface area contributed by atoms with Gasteiger partial charge in [-0.25, -0.2) is 0 Å². The van der Waals surface area contributed by atoms with Gasteiger partial charge in [0.25, 0.3) is 5.91 Å². The van der Waals surface area contributed by atoms with Gasteiger partial charge in [0, 0.05) is 5.69 Å². The Labute approximate surface area is 170 Å². The van der Waals surface area contributed by atoms with Crippen LogP contribution in [0, 0.1) is 0 Å². The fraction of sp³-hybridized carbons (Fsp3) is 0.174. The minimum absolute atomic E-state index is 0.226. The van der Waals surface area contributed by atoms with Crippen molar-refractivity contribution >= 4 is 23.2 Å². The summed E-state index contributed by atoms with van der Waals surface area (Å²) in [6.07, 6.45) is -0.0701. The van der Waals surface area contributed by atoms with E-state index in [4.69, 9.17) is 21.1 Å². The number of anilines is 1. The quantitative estimate of drug-likeness (QED) is 0.549. The van der Waals surface area contributed by atoms with Gasteiger partial charge in [0.1, 0.15) is 11.5 Å². The number of benzene rings is 3. The maximum Gasteiger partial charge on any atom is 0.265 e. The van der Waals surface area contributed by atoms with Crippen LogP contribution in [0.4, 0.5) is 5.69 Å². The van der Waals surface area contributed by atoms with Crippen LogP contribution >= 0.6 is 11.6 Å². The Bertz CT molecular complexity index is 926. The van der Waals surface area contributed by atoms with Crippen molar-refractivity contribution in [1.82, 2.24) is 0 Å². The average molecular weight is 396 g/mol. The van der Waals surface area contributed by atoms with Crippen LogP contribution in [-0.2, 0) is 4.79 Å². The molecule has 0 aliphatic rings. The molecular weight excluding hydrogens is 374 g/mol. The van der Waals surface area contributed by atoms with Crippen molar-refractivity contribution in [3.8, 4) is 22.6 Å². The van der Waals surface area contributed by atoms with Gasteiger partial charge in [-0.2, -0.15) is 0 Å². The molecule has 0 fully saturated rings. The Kier molecular flexibility index (Phi) is 6.56. The van der Waals surface area contributed by atoms with Crippen molar-refractivity contribution in [2.75, 3.05) is 12.4 Å². The summed E-state index contributed by atoms with van der Waals surface area (Å²) in [7, 11) is 1.55. The monoisotopic (exact) mass is 395 g/mol. The summed E-state index contributed by atoms with van der Waals surface area (Å²) in [5.74, 6) is 0.978. The first kappa shape index (κ1) is 19.8. The molecule has 1 amide bonds. The van der Waals surface area contributed by atoms with Crippen molar-refractivity contribution in [3.05, 3.63) is 77.8 Å². The van der Waals surface area contributed by atoms with E-state index in [0.717, 1.165) is 11.1 Å². The summed E-state index contributed by atoms with van der Waals surface area (Å²) in [4.78, 5) is 12.6. The summed E-state index contributed by atoms with van der Waals surface area (Å²) in [5, 5.41) is 3.27. The summed E-state index contributed by atoms with van der Waals surface area (Å²) in [5.41, 5.74) is 2.82. The fourth-order valence-corrected chi connectivity index (χ4v) is 3.07. The molecule has 0 aliphatic heterocycles. The normalized spacial score (nSPS) is 11.5. The largest absolute Gasteiger partial charge is 0.495 e. The van der Waals surface area contributed by atoms with Gasteiger partial charge in [-0.3, -0.25) is 4.79 Å². The number of rotatable bonds is 7. The number of nitrogens with one attached hydrogen (secondary N) is 1. The lowest BCUT2D eigenvalue weighted by Gasteiger charge is -2.18. The van der Waals surface area contributed by atoms with Crippen molar-refractivity contribution in [2.45, 2.75) is 19.4 Å². The molecule has 0 bridgehead atoms. The number of methoxy groups -OCH3 is 1. The molecule has 0 heterocycles. The molecule has 3 aromatic carbocycles. The number of ether oxygens (including phenoxy) is 2. The zero-order valence-electron chi connectivity index (χ0n) is 15.8. The third-order valence-corrected chi connectivity index (χ3v) is 4.62. The molecule has 0 aliphatic carbocycles. The highest BCUT2D eigenvalue weighted by molar-refractivity contribution is 6.32. The van der Waals surface area contributed by atoms with Gasteiger partial charge in [-0.05, 0) is 47.9 Å². The van der Waals surface area contributed by atoms with Gasteiger partial charge in [-0.15, -0.1) is 0 Å². The molecular formula is C23H22ClNO3. The molecule has 4 nitrogen and oxygen atoms in total. The van der Waals surface area contributed by atoms with Crippen LogP contribution in [-0.4, -0.2) is 19.1 Å². The van der Waals surface area contributed by atoms with Crippen LogP contribution in [0.1, 0.15) is 13.3 Å². The molecule has 3 aromatic rings. The summed E-state index contributed by atoms with van der Waals surface area (Å²) < 4.78 is 11.0. The summed E-state index contributed by atoms with van der Waals surface area (Å²) in [6.45, 7) is 1.91. The van der Waals surface area contributed by atoms with Crippen LogP contribution in [0.3, 0.4) is 0 Å². The third-order valence-electron chi connectivity index (χ3n) is 4.32. The molecule has 144 valence electrons. The van der Waals surface area contributed by atoms with Crippen molar-refractivity contribution < 1.29 is 14.3 Å². The van der Waals surface area contributed by atoms with E-state index in [-0.39, 0.29) is 5.91 Å². The van der Waals surface area contributed by atoms with Gasteiger partial charge in [0.2, 0.25) is 0 Å². The number of carbonyl (C=O) groups excluding carboxylic acids is 1. The van der Waals surface area contributed by atoms with Crippen LogP contribution in [0.2, 0.25) is 5.02 Å². The molecule has 0 saturated carbocycles. The zero-order chi connectivity index (χ0) is 19.9. The first-order valence-electron chi connectivity index (χ1n) is 9.07. The van der Waals surface area contributed by atoms with Gasteiger partial charge in [-0.1, -0.05) is 61.0 Å². The van der Waals surface area contributed by atoms with Crippen LogP contribution < -0.4 is 14.8 Å². The average Bonchev–Trinajstić information content (AvgIpc) is 2.73. The Hall–Kier alpha value is -2.98. The molecule has 1 atom stereocenters. The first-order valence-corrected chi connectivity index (χ1v) is 9.45. The van der Waals surface area contributed by atoms with Crippen molar-refractivity contribution in [2.24, 2.45) is 0 Å². The molecule has 5 heteroatoms. The summed E-state index contributed by atoms with van der Waals surface area (Å²) >= 11 is 6.11. The lowest BCUT2D eigenvalue weighted by atomic mass is 10.1. The smallest absolute Gasteiger partial charge is 0.265 e. The van der Waals surface area contributed by atoms with E-state index in [1.165, 1.54) is 0 Å². The van der Waals surface area contributed by atoms with Gasteiger partial charge in [0.05, 0.1) is 12.1 Å². The second kappa shape index (κ2) is 9.29. The fourth-order valence-electron chi connectivity index (χ4n) is 2.81. The van der Waals surface area contributed by atoms with E-state index in [2.05, 4.69) is 17.4 Å². The second-order valence-electron chi connectivity index (χ2n) is 6.24. The molecule has 0 spiro atoms. The van der Waals surface area contributed by atoms with Crippen molar-refractivity contribution in [3.63, 3.8) is 0 Å². The maximum absolute atomic E-state index is 12.6. The van der Waals surface area contributed by atoms with E-state index in [0.29, 0.717) is 28.6 Å². The van der Waals surface area contributed by atoms with E-state index in [9.17, 15) is 4.79 Å². The lowest BCUT2D eigenvalue weighted by Crippen LogP contribution is -2.32. The molecule has 0 radical (unpaired) electrons. The number of carbonyl (C=O) groups is 1. The third kappa shape index (κ3) is 4.84. The molecule has 1 N–H and O–H groups in total.